The highest BCUT2D eigenvalue weighted by atomic mass is 35.5. The van der Waals surface area contributed by atoms with E-state index in [1.165, 1.54) is 4.68 Å². The highest BCUT2D eigenvalue weighted by Gasteiger charge is 2.21. The second kappa shape index (κ2) is 7.35. The number of rotatable bonds is 6. The molecular formula is C14H16ClN3O4. The lowest BCUT2D eigenvalue weighted by Gasteiger charge is -2.12. The third-order valence-electron chi connectivity index (χ3n) is 3.06. The second-order valence-electron chi connectivity index (χ2n) is 4.51. The summed E-state index contributed by atoms with van der Waals surface area (Å²) >= 11 is 5.80. The van der Waals surface area contributed by atoms with Gasteiger partial charge in [-0.05, 0) is 24.6 Å². The van der Waals surface area contributed by atoms with Crippen LogP contribution in [0.25, 0.3) is 0 Å². The van der Waals surface area contributed by atoms with Gasteiger partial charge >= 0.3 is 5.97 Å². The fourth-order valence-electron chi connectivity index (χ4n) is 1.95. The first kappa shape index (κ1) is 16.4. The molecule has 2 aromatic rings. The zero-order valence-corrected chi connectivity index (χ0v) is 12.7. The fraction of sp³-hybridized carbons (Fsp3) is 0.357. The number of halogens is 1. The molecule has 0 amide bonds. The number of ether oxygens (including phenoxy) is 1. The van der Waals surface area contributed by atoms with Gasteiger partial charge in [-0.3, -0.25) is 0 Å². The minimum atomic E-state index is -0.876. The van der Waals surface area contributed by atoms with E-state index in [2.05, 4.69) is 10.3 Å². The van der Waals surface area contributed by atoms with Crippen molar-refractivity contribution in [3.8, 4) is 0 Å². The normalized spacial score (nSPS) is 12.2. The molecule has 0 saturated carbocycles. The van der Waals surface area contributed by atoms with Crippen molar-refractivity contribution in [3.63, 3.8) is 0 Å². The topological polar surface area (TPSA) is 97.5 Å². The van der Waals surface area contributed by atoms with E-state index < -0.39 is 18.7 Å². The van der Waals surface area contributed by atoms with Gasteiger partial charge in [-0.1, -0.05) is 28.9 Å². The number of aliphatic hydroxyl groups is 2. The molecule has 1 atom stereocenters. The molecule has 7 nitrogen and oxygen atoms in total. The van der Waals surface area contributed by atoms with Crippen LogP contribution in [0.4, 0.5) is 0 Å². The van der Waals surface area contributed by atoms with Gasteiger partial charge < -0.3 is 14.9 Å². The van der Waals surface area contributed by atoms with E-state index in [4.69, 9.17) is 16.3 Å². The van der Waals surface area contributed by atoms with Crippen molar-refractivity contribution in [2.24, 2.45) is 0 Å². The van der Waals surface area contributed by atoms with Crippen LogP contribution < -0.4 is 0 Å². The van der Waals surface area contributed by atoms with Crippen LogP contribution in [0.1, 0.15) is 34.8 Å². The number of hydrogen-bond donors (Lipinski definition) is 2. The number of hydrogen-bond acceptors (Lipinski definition) is 6. The lowest BCUT2D eigenvalue weighted by atomic mass is 10.1. The fourth-order valence-corrected chi connectivity index (χ4v) is 2.07. The number of benzene rings is 1. The molecular weight excluding hydrogens is 310 g/mol. The van der Waals surface area contributed by atoms with Crippen LogP contribution in [0.2, 0.25) is 5.02 Å². The Hall–Kier alpha value is -1.96. The summed E-state index contributed by atoms with van der Waals surface area (Å²) < 4.78 is 6.13. The predicted molar refractivity (Wildman–Crippen MR) is 78.3 cm³/mol. The average Bonchev–Trinajstić information content (AvgIpc) is 2.90. The monoisotopic (exact) mass is 325 g/mol. The van der Waals surface area contributed by atoms with Gasteiger partial charge in [0.2, 0.25) is 0 Å². The van der Waals surface area contributed by atoms with Crippen LogP contribution in [-0.4, -0.2) is 37.8 Å². The molecule has 1 aromatic carbocycles. The summed E-state index contributed by atoms with van der Waals surface area (Å²) in [5.74, 6) is -0.654. The minimum Gasteiger partial charge on any atom is -0.461 e. The predicted octanol–water partition coefficient (Wildman–Crippen LogP) is 1.33. The van der Waals surface area contributed by atoms with E-state index in [-0.39, 0.29) is 24.5 Å². The summed E-state index contributed by atoms with van der Waals surface area (Å²) in [4.78, 5) is 11.7. The standard InChI is InChI=1S/C14H16ClN3O4/c1-2-22-14(21)13-11(8-19)18(17-16-13)7-12(20)9-3-5-10(15)6-4-9/h3-6,12,19-20H,2,7-8H2,1H3. The molecule has 22 heavy (non-hydrogen) atoms. The second-order valence-corrected chi connectivity index (χ2v) is 4.95. The van der Waals surface area contributed by atoms with Crippen LogP contribution >= 0.6 is 11.6 Å². The Labute approximate surface area is 132 Å². The largest absolute Gasteiger partial charge is 0.461 e. The van der Waals surface area contributed by atoms with E-state index >= 15 is 0 Å². The molecule has 0 aliphatic carbocycles. The van der Waals surface area contributed by atoms with Gasteiger partial charge in [0, 0.05) is 5.02 Å². The molecule has 0 aliphatic heterocycles. The molecule has 8 heteroatoms. The Morgan fingerprint density at radius 3 is 2.68 bits per heavy atom. The molecule has 2 rings (SSSR count). The SMILES string of the molecule is CCOC(=O)c1nnn(CC(O)c2ccc(Cl)cc2)c1CO. The number of nitrogens with zero attached hydrogens (tertiary/aromatic N) is 3. The maximum Gasteiger partial charge on any atom is 0.360 e. The average molecular weight is 326 g/mol. The van der Waals surface area contributed by atoms with Gasteiger partial charge in [-0.15, -0.1) is 5.10 Å². The third kappa shape index (κ3) is 3.62. The number of carbonyl (C=O) groups is 1. The number of aromatic nitrogens is 3. The van der Waals surface area contributed by atoms with Crippen LogP contribution in [0.5, 0.6) is 0 Å². The van der Waals surface area contributed by atoms with E-state index in [1.54, 1.807) is 31.2 Å². The number of aliphatic hydroxyl groups excluding tert-OH is 2. The zero-order valence-electron chi connectivity index (χ0n) is 11.9. The first-order chi connectivity index (χ1) is 10.6. The molecule has 0 radical (unpaired) electrons. The highest BCUT2D eigenvalue weighted by molar-refractivity contribution is 6.30. The quantitative estimate of drug-likeness (QED) is 0.778. The molecule has 0 spiro atoms. The minimum absolute atomic E-state index is 0.0456. The maximum atomic E-state index is 11.7. The summed E-state index contributed by atoms with van der Waals surface area (Å²) in [6.45, 7) is 1.48. The molecule has 118 valence electrons. The van der Waals surface area contributed by atoms with Crippen molar-refractivity contribution in [1.82, 2.24) is 15.0 Å². The summed E-state index contributed by atoms with van der Waals surface area (Å²) in [6, 6.07) is 6.71. The summed E-state index contributed by atoms with van der Waals surface area (Å²) in [5, 5.41) is 27.7. The van der Waals surface area contributed by atoms with Crippen LogP contribution in [0.15, 0.2) is 24.3 Å². The first-order valence-corrected chi connectivity index (χ1v) is 7.08. The van der Waals surface area contributed by atoms with Gasteiger partial charge in [0.25, 0.3) is 0 Å². The molecule has 1 unspecified atom stereocenters. The maximum absolute atomic E-state index is 11.7. The van der Waals surface area contributed by atoms with E-state index in [0.29, 0.717) is 10.6 Å². The van der Waals surface area contributed by atoms with E-state index in [0.717, 1.165) is 0 Å². The van der Waals surface area contributed by atoms with Crippen LogP contribution in [0, 0.1) is 0 Å². The van der Waals surface area contributed by atoms with Gasteiger partial charge in [0.15, 0.2) is 5.69 Å². The molecule has 2 N–H and O–H groups in total. The number of carbonyl (C=O) groups excluding carboxylic acids is 1. The van der Waals surface area contributed by atoms with Gasteiger partial charge in [-0.25, -0.2) is 9.48 Å². The van der Waals surface area contributed by atoms with Crippen LogP contribution in [0.3, 0.4) is 0 Å². The lowest BCUT2D eigenvalue weighted by Crippen LogP contribution is -2.15. The van der Waals surface area contributed by atoms with Crippen molar-refractivity contribution >= 4 is 17.6 Å². The van der Waals surface area contributed by atoms with Crippen molar-refractivity contribution < 1.29 is 19.7 Å². The third-order valence-corrected chi connectivity index (χ3v) is 3.31. The molecule has 0 saturated heterocycles. The number of esters is 1. The highest BCUT2D eigenvalue weighted by Crippen LogP contribution is 2.19. The molecule has 1 aromatic heterocycles. The lowest BCUT2D eigenvalue weighted by molar-refractivity contribution is 0.0515. The van der Waals surface area contributed by atoms with Crippen molar-refractivity contribution in [2.75, 3.05) is 6.61 Å². The zero-order chi connectivity index (χ0) is 16.1. The Kier molecular flexibility index (Phi) is 5.48. The van der Waals surface area contributed by atoms with Gasteiger partial charge in [0.1, 0.15) is 0 Å². The van der Waals surface area contributed by atoms with E-state index in [9.17, 15) is 15.0 Å². The molecule has 0 fully saturated rings. The first-order valence-electron chi connectivity index (χ1n) is 6.70. The van der Waals surface area contributed by atoms with Crippen molar-refractivity contribution in [2.45, 2.75) is 26.2 Å². The smallest absolute Gasteiger partial charge is 0.360 e. The molecule has 0 bridgehead atoms. The Morgan fingerprint density at radius 1 is 1.41 bits per heavy atom. The molecule has 0 aliphatic rings. The Bertz CT molecular complexity index is 642. The van der Waals surface area contributed by atoms with E-state index in [1.807, 2.05) is 0 Å². The van der Waals surface area contributed by atoms with Crippen molar-refractivity contribution in [3.05, 3.63) is 46.2 Å². The van der Waals surface area contributed by atoms with Crippen molar-refractivity contribution in [1.29, 1.82) is 0 Å². The Morgan fingerprint density at radius 2 is 2.09 bits per heavy atom. The summed E-state index contributed by atoms with van der Waals surface area (Å²) in [5.41, 5.74) is 0.792. The van der Waals surface area contributed by atoms with Crippen LogP contribution in [-0.2, 0) is 17.9 Å². The van der Waals surface area contributed by atoms with Gasteiger partial charge in [-0.2, -0.15) is 0 Å². The molecule has 1 heterocycles. The van der Waals surface area contributed by atoms with Gasteiger partial charge in [0.05, 0.1) is 31.6 Å². The summed E-state index contributed by atoms with van der Waals surface area (Å²) in [6.07, 6.45) is -0.876. The summed E-state index contributed by atoms with van der Waals surface area (Å²) in [7, 11) is 0. The Balaban J connectivity index is 2.19.